The monoisotopic (exact) mass is 195 g/mol. The van der Waals surface area contributed by atoms with Crippen molar-refractivity contribution in [2.24, 2.45) is 12.8 Å². The van der Waals surface area contributed by atoms with Gasteiger partial charge in [0.2, 0.25) is 0 Å². The van der Waals surface area contributed by atoms with Crippen molar-refractivity contribution in [3.05, 3.63) is 12.2 Å². The summed E-state index contributed by atoms with van der Waals surface area (Å²) in [6.45, 7) is 0.786. The molecule has 1 fully saturated rings. The van der Waals surface area contributed by atoms with Crippen LogP contribution in [-0.4, -0.2) is 26.8 Å². The first-order valence-corrected chi connectivity index (χ1v) is 5.07. The molecule has 5 heteroatoms. The molecule has 1 heterocycles. The molecule has 1 aromatic heterocycles. The second-order valence-corrected chi connectivity index (χ2v) is 3.95. The first kappa shape index (κ1) is 9.61. The van der Waals surface area contributed by atoms with Crippen molar-refractivity contribution >= 4 is 0 Å². The molecule has 2 rings (SSSR count). The van der Waals surface area contributed by atoms with Crippen LogP contribution in [0.25, 0.3) is 0 Å². The van der Waals surface area contributed by atoms with Gasteiger partial charge in [-0.1, -0.05) is 0 Å². The Morgan fingerprint density at radius 2 is 2.50 bits per heavy atom. The van der Waals surface area contributed by atoms with Crippen LogP contribution in [0.3, 0.4) is 0 Å². The highest BCUT2D eigenvalue weighted by Gasteiger charge is 2.21. The fraction of sp³-hybridized carbons (Fsp3) is 0.778. The predicted molar refractivity (Wildman–Crippen MR) is 53.5 cm³/mol. The van der Waals surface area contributed by atoms with Gasteiger partial charge in [0.15, 0.2) is 0 Å². The summed E-state index contributed by atoms with van der Waals surface area (Å²) in [5.41, 5.74) is 5.83. The molecule has 2 atom stereocenters. The number of aryl methyl sites for hydroxylation is 1. The van der Waals surface area contributed by atoms with Gasteiger partial charge in [0, 0.05) is 19.1 Å². The number of nitrogens with one attached hydrogen (secondary N) is 1. The van der Waals surface area contributed by atoms with E-state index in [1.807, 2.05) is 7.05 Å². The normalized spacial score (nSPS) is 27.0. The smallest absolute Gasteiger partial charge is 0.140 e. The molecule has 2 unspecified atom stereocenters. The van der Waals surface area contributed by atoms with Crippen molar-refractivity contribution in [2.45, 2.75) is 37.9 Å². The standard InChI is InChI=1S/C9H17N5/c1-14-9(12-6-13-14)5-11-8-3-2-7(10)4-8/h6-8,11H,2-5,10H2,1H3. The maximum absolute atomic E-state index is 5.83. The number of rotatable bonds is 3. The largest absolute Gasteiger partial charge is 0.328 e. The highest BCUT2D eigenvalue weighted by Crippen LogP contribution is 2.17. The zero-order valence-electron chi connectivity index (χ0n) is 8.48. The van der Waals surface area contributed by atoms with Crippen LogP contribution in [0.5, 0.6) is 0 Å². The fourth-order valence-electron chi connectivity index (χ4n) is 1.92. The average molecular weight is 195 g/mol. The van der Waals surface area contributed by atoms with Crippen molar-refractivity contribution in [3.8, 4) is 0 Å². The van der Waals surface area contributed by atoms with Gasteiger partial charge in [-0.3, -0.25) is 4.68 Å². The van der Waals surface area contributed by atoms with Crippen LogP contribution >= 0.6 is 0 Å². The quantitative estimate of drug-likeness (QED) is 0.700. The molecule has 1 aromatic rings. The number of nitrogens with zero attached hydrogens (tertiary/aromatic N) is 3. The number of hydrogen-bond donors (Lipinski definition) is 2. The summed E-state index contributed by atoms with van der Waals surface area (Å²) in [5.74, 6) is 0.977. The van der Waals surface area contributed by atoms with E-state index in [1.165, 1.54) is 6.42 Å². The van der Waals surface area contributed by atoms with Gasteiger partial charge in [0.05, 0.1) is 6.54 Å². The van der Waals surface area contributed by atoms with Gasteiger partial charge in [-0.05, 0) is 19.3 Å². The van der Waals surface area contributed by atoms with Gasteiger partial charge in [-0.15, -0.1) is 0 Å². The summed E-state index contributed by atoms with van der Waals surface area (Å²) >= 11 is 0. The summed E-state index contributed by atoms with van der Waals surface area (Å²) in [6, 6.07) is 0.939. The lowest BCUT2D eigenvalue weighted by molar-refractivity contribution is 0.496. The summed E-state index contributed by atoms with van der Waals surface area (Å²) in [6.07, 6.45) is 4.98. The maximum Gasteiger partial charge on any atom is 0.140 e. The predicted octanol–water partition coefficient (Wildman–Crippen LogP) is -0.215. The zero-order valence-corrected chi connectivity index (χ0v) is 8.48. The van der Waals surface area contributed by atoms with Crippen molar-refractivity contribution in [1.29, 1.82) is 0 Å². The molecule has 1 aliphatic carbocycles. The second-order valence-electron chi connectivity index (χ2n) is 3.95. The summed E-state index contributed by atoms with van der Waals surface area (Å²) in [4.78, 5) is 4.15. The molecule has 14 heavy (non-hydrogen) atoms. The summed E-state index contributed by atoms with van der Waals surface area (Å²) in [5, 5.41) is 7.47. The second kappa shape index (κ2) is 4.06. The van der Waals surface area contributed by atoms with Gasteiger partial charge in [-0.2, -0.15) is 5.10 Å². The summed E-state index contributed by atoms with van der Waals surface area (Å²) < 4.78 is 1.79. The molecule has 3 N–H and O–H groups in total. The zero-order chi connectivity index (χ0) is 9.97. The Morgan fingerprint density at radius 1 is 1.64 bits per heavy atom. The van der Waals surface area contributed by atoms with E-state index >= 15 is 0 Å². The van der Waals surface area contributed by atoms with Gasteiger partial charge in [0.1, 0.15) is 12.2 Å². The molecule has 0 spiro atoms. The summed E-state index contributed by atoms with van der Waals surface area (Å²) in [7, 11) is 1.91. The van der Waals surface area contributed by atoms with E-state index in [0.717, 1.165) is 25.2 Å². The van der Waals surface area contributed by atoms with Crippen molar-refractivity contribution in [1.82, 2.24) is 20.1 Å². The number of aromatic nitrogens is 3. The Kier molecular flexibility index (Phi) is 2.79. The minimum atomic E-state index is 0.381. The molecule has 0 aromatic carbocycles. The van der Waals surface area contributed by atoms with Crippen molar-refractivity contribution < 1.29 is 0 Å². The maximum atomic E-state index is 5.83. The van der Waals surface area contributed by atoms with Gasteiger partial charge in [-0.25, -0.2) is 4.98 Å². The number of hydrogen-bond acceptors (Lipinski definition) is 4. The first-order valence-electron chi connectivity index (χ1n) is 5.07. The topological polar surface area (TPSA) is 68.8 Å². The first-order chi connectivity index (χ1) is 6.75. The lowest BCUT2D eigenvalue weighted by atomic mass is 10.2. The van der Waals surface area contributed by atoms with Crippen LogP contribution in [0.15, 0.2) is 6.33 Å². The SMILES string of the molecule is Cn1ncnc1CNC1CCC(N)C1. The Morgan fingerprint density at radius 3 is 3.07 bits per heavy atom. The molecule has 0 radical (unpaired) electrons. The van der Waals surface area contributed by atoms with E-state index < -0.39 is 0 Å². The Bertz CT molecular complexity index is 295. The Labute approximate surface area is 83.7 Å². The van der Waals surface area contributed by atoms with E-state index in [2.05, 4.69) is 15.4 Å². The fourth-order valence-corrected chi connectivity index (χ4v) is 1.92. The van der Waals surface area contributed by atoms with Crippen LogP contribution in [0, 0.1) is 0 Å². The molecule has 1 saturated carbocycles. The molecular weight excluding hydrogens is 178 g/mol. The molecule has 5 nitrogen and oxygen atoms in total. The third-order valence-electron chi connectivity index (χ3n) is 2.83. The number of nitrogens with two attached hydrogens (primary N) is 1. The average Bonchev–Trinajstić information content (AvgIpc) is 2.72. The minimum Gasteiger partial charge on any atom is -0.328 e. The molecule has 78 valence electrons. The van der Waals surface area contributed by atoms with E-state index in [4.69, 9.17) is 5.73 Å². The lowest BCUT2D eigenvalue weighted by Gasteiger charge is -2.11. The third kappa shape index (κ3) is 2.10. The van der Waals surface area contributed by atoms with Crippen LogP contribution in [-0.2, 0) is 13.6 Å². The van der Waals surface area contributed by atoms with E-state index in [9.17, 15) is 0 Å². The van der Waals surface area contributed by atoms with Crippen LogP contribution in [0.2, 0.25) is 0 Å². The van der Waals surface area contributed by atoms with Gasteiger partial charge < -0.3 is 11.1 Å². The lowest BCUT2D eigenvalue weighted by Crippen LogP contribution is -2.29. The van der Waals surface area contributed by atoms with Crippen LogP contribution in [0.1, 0.15) is 25.1 Å². The Balaban J connectivity index is 1.80. The van der Waals surface area contributed by atoms with E-state index in [-0.39, 0.29) is 0 Å². The molecule has 0 aliphatic heterocycles. The Hall–Kier alpha value is -0.940. The molecule has 1 aliphatic rings. The third-order valence-corrected chi connectivity index (χ3v) is 2.83. The molecular formula is C9H17N5. The van der Waals surface area contributed by atoms with Crippen molar-refractivity contribution in [3.63, 3.8) is 0 Å². The minimum absolute atomic E-state index is 0.381. The van der Waals surface area contributed by atoms with Gasteiger partial charge >= 0.3 is 0 Å². The molecule has 0 amide bonds. The van der Waals surface area contributed by atoms with Crippen LogP contribution in [0.4, 0.5) is 0 Å². The van der Waals surface area contributed by atoms with Crippen LogP contribution < -0.4 is 11.1 Å². The molecule has 0 saturated heterocycles. The van der Waals surface area contributed by atoms with E-state index in [1.54, 1.807) is 11.0 Å². The van der Waals surface area contributed by atoms with Crippen molar-refractivity contribution in [2.75, 3.05) is 0 Å². The van der Waals surface area contributed by atoms with Gasteiger partial charge in [0.25, 0.3) is 0 Å². The highest BCUT2D eigenvalue weighted by atomic mass is 15.3. The highest BCUT2D eigenvalue weighted by molar-refractivity contribution is 4.87. The molecule has 0 bridgehead atoms. The van der Waals surface area contributed by atoms with E-state index in [0.29, 0.717) is 12.1 Å².